The maximum absolute atomic E-state index is 12.9. The van der Waals surface area contributed by atoms with E-state index in [2.05, 4.69) is 28.8 Å². The molecule has 1 fully saturated rings. The lowest BCUT2D eigenvalue weighted by molar-refractivity contribution is -0.134. The lowest BCUT2D eigenvalue weighted by Gasteiger charge is -2.46. The van der Waals surface area contributed by atoms with Crippen LogP contribution in [0.25, 0.3) is 0 Å². The van der Waals surface area contributed by atoms with Crippen molar-refractivity contribution in [2.24, 2.45) is 11.3 Å². The Morgan fingerprint density at radius 3 is 2.53 bits per heavy atom. The molecule has 30 heavy (non-hydrogen) atoms. The molecule has 5 nitrogen and oxygen atoms in total. The molecule has 0 radical (unpaired) electrons. The van der Waals surface area contributed by atoms with Crippen LogP contribution in [-0.4, -0.2) is 38.7 Å². The monoisotopic (exact) mass is 430 g/mol. The molecular formula is C24H35ClN4O. The SMILES string of the molecule is CCCCC(CC)C1(Cn2cncn2)CCN(C(=O)CCc2ccc(Cl)cc2)CC1. The number of unbranched alkanes of at least 4 members (excludes halogenated alkanes) is 1. The fraction of sp³-hybridized carbons (Fsp3) is 0.625. The minimum atomic E-state index is 0.199. The zero-order valence-electron chi connectivity index (χ0n) is 18.4. The average Bonchev–Trinajstić information content (AvgIpc) is 3.27. The Hall–Kier alpha value is -1.88. The van der Waals surface area contributed by atoms with Crippen LogP contribution >= 0.6 is 11.6 Å². The van der Waals surface area contributed by atoms with Crippen molar-refractivity contribution < 1.29 is 4.79 Å². The molecule has 2 aromatic rings. The molecule has 0 N–H and O–H groups in total. The number of aromatic nitrogens is 3. The Morgan fingerprint density at radius 1 is 1.20 bits per heavy atom. The first-order valence-electron chi connectivity index (χ1n) is 11.4. The van der Waals surface area contributed by atoms with Crippen LogP contribution < -0.4 is 0 Å². The molecule has 2 heterocycles. The normalized spacial score (nSPS) is 17.1. The number of carbonyl (C=O) groups is 1. The van der Waals surface area contributed by atoms with Crippen LogP contribution in [0.5, 0.6) is 0 Å². The van der Waals surface area contributed by atoms with Crippen LogP contribution in [-0.2, 0) is 17.8 Å². The summed E-state index contributed by atoms with van der Waals surface area (Å²) in [6.07, 6.45) is 11.8. The van der Waals surface area contributed by atoms with Gasteiger partial charge in [0.2, 0.25) is 5.91 Å². The predicted octanol–water partition coefficient (Wildman–Crippen LogP) is 5.39. The summed E-state index contributed by atoms with van der Waals surface area (Å²) in [5.74, 6) is 0.925. The van der Waals surface area contributed by atoms with Crippen molar-refractivity contribution in [3.63, 3.8) is 0 Å². The summed E-state index contributed by atoms with van der Waals surface area (Å²) < 4.78 is 1.99. The molecule has 1 aliphatic heterocycles. The van der Waals surface area contributed by atoms with Gasteiger partial charge in [0.05, 0.1) is 0 Å². The summed E-state index contributed by atoms with van der Waals surface area (Å²) in [4.78, 5) is 19.1. The van der Waals surface area contributed by atoms with Gasteiger partial charge in [-0.1, -0.05) is 56.8 Å². The van der Waals surface area contributed by atoms with Crippen molar-refractivity contribution in [1.29, 1.82) is 0 Å². The minimum absolute atomic E-state index is 0.199. The molecule has 1 aliphatic rings. The van der Waals surface area contributed by atoms with Crippen LogP contribution in [0, 0.1) is 11.3 Å². The van der Waals surface area contributed by atoms with E-state index in [4.69, 9.17) is 11.6 Å². The minimum Gasteiger partial charge on any atom is -0.343 e. The maximum Gasteiger partial charge on any atom is 0.222 e. The second-order valence-corrected chi connectivity index (χ2v) is 9.15. The molecule has 1 saturated heterocycles. The van der Waals surface area contributed by atoms with E-state index >= 15 is 0 Å². The van der Waals surface area contributed by atoms with E-state index in [1.165, 1.54) is 25.7 Å². The lowest BCUT2D eigenvalue weighted by Crippen LogP contribution is -2.48. The van der Waals surface area contributed by atoms with Gasteiger partial charge < -0.3 is 4.90 Å². The number of halogens is 1. The van der Waals surface area contributed by atoms with E-state index < -0.39 is 0 Å². The number of benzene rings is 1. The van der Waals surface area contributed by atoms with E-state index in [1.54, 1.807) is 6.33 Å². The Morgan fingerprint density at radius 2 is 1.93 bits per heavy atom. The first kappa shape index (κ1) is 22.8. The van der Waals surface area contributed by atoms with Crippen LogP contribution in [0.3, 0.4) is 0 Å². The molecule has 0 bridgehead atoms. The first-order valence-corrected chi connectivity index (χ1v) is 11.8. The Balaban J connectivity index is 1.61. The summed E-state index contributed by atoms with van der Waals surface area (Å²) in [7, 11) is 0. The number of hydrogen-bond donors (Lipinski definition) is 0. The smallest absolute Gasteiger partial charge is 0.222 e. The van der Waals surface area contributed by atoms with E-state index in [9.17, 15) is 4.79 Å². The largest absolute Gasteiger partial charge is 0.343 e. The van der Waals surface area contributed by atoms with Crippen molar-refractivity contribution in [3.8, 4) is 0 Å². The summed E-state index contributed by atoms with van der Waals surface area (Å²) in [6, 6.07) is 7.80. The molecular weight excluding hydrogens is 396 g/mol. The third-order valence-corrected chi connectivity index (χ3v) is 7.11. The van der Waals surface area contributed by atoms with Crippen LogP contribution in [0.4, 0.5) is 0 Å². The molecule has 1 atom stereocenters. The molecule has 0 saturated carbocycles. The van der Waals surface area contributed by atoms with Crippen LogP contribution in [0.15, 0.2) is 36.9 Å². The quantitative estimate of drug-likeness (QED) is 0.507. The molecule has 1 unspecified atom stereocenters. The standard InChI is InChI=1S/C24H35ClN4O/c1-3-5-6-21(4-2)24(17-29-19-26-18-27-29)13-15-28(16-14-24)23(30)12-9-20-7-10-22(25)11-8-20/h7-8,10-11,18-19,21H,3-6,9,12-17H2,1-2H3. The number of nitrogens with zero attached hydrogens (tertiary/aromatic N) is 4. The highest BCUT2D eigenvalue weighted by atomic mass is 35.5. The Labute approximate surface area is 185 Å². The topological polar surface area (TPSA) is 51.0 Å². The molecule has 1 aromatic carbocycles. The average molecular weight is 431 g/mol. The van der Waals surface area contributed by atoms with E-state index in [-0.39, 0.29) is 11.3 Å². The zero-order chi connectivity index (χ0) is 21.4. The second-order valence-electron chi connectivity index (χ2n) is 8.71. The van der Waals surface area contributed by atoms with Gasteiger partial charge in [0.15, 0.2) is 0 Å². The van der Waals surface area contributed by atoms with Crippen molar-refractivity contribution >= 4 is 17.5 Å². The van der Waals surface area contributed by atoms with E-state index in [0.29, 0.717) is 12.3 Å². The number of carbonyl (C=O) groups excluding carboxylic acids is 1. The van der Waals surface area contributed by atoms with Crippen molar-refractivity contribution in [2.45, 2.75) is 71.8 Å². The summed E-state index contributed by atoms with van der Waals surface area (Å²) in [5.41, 5.74) is 1.36. The van der Waals surface area contributed by atoms with Gasteiger partial charge in [0.25, 0.3) is 0 Å². The van der Waals surface area contributed by atoms with Gasteiger partial charge in [0, 0.05) is 31.1 Å². The van der Waals surface area contributed by atoms with Gasteiger partial charge in [-0.3, -0.25) is 9.48 Å². The van der Waals surface area contributed by atoms with Gasteiger partial charge in [0.1, 0.15) is 12.7 Å². The Kier molecular flexibility index (Phi) is 8.32. The molecule has 1 amide bonds. The molecule has 6 heteroatoms. The molecule has 0 spiro atoms. The summed E-state index contributed by atoms with van der Waals surface area (Å²) >= 11 is 5.96. The van der Waals surface area contributed by atoms with E-state index in [0.717, 1.165) is 49.5 Å². The molecule has 1 aromatic heterocycles. The fourth-order valence-corrected chi connectivity index (χ4v) is 5.11. The number of piperidine rings is 1. The van der Waals surface area contributed by atoms with E-state index in [1.807, 2.05) is 35.3 Å². The first-order chi connectivity index (χ1) is 14.6. The van der Waals surface area contributed by atoms with Gasteiger partial charge >= 0.3 is 0 Å². The number of likely N-dealkylation sites (tertiary alicyclic amines) is 1. The second kappa shape index (κ2) is 10.9. The van der Waals surface area contributed by atoms with Gasteiger partial charge in [-0.2, -0.15) is 5.10 Å². The highest BCUT2D eigenvalue weighted by Crippen LogP contribution is 2.44. The highest BCUT2D eigenvalue weighted by molar-refractivity contribution is 6.30. The third kappa shape index (κ3) is 5.84. The van der Waals surface area contributed by atoms with Crippen LogP contribution in [0.1, 0.15) is 64.4 Å². The van der Waals surface area contributed by atoms with Crippen molar-refractivity contribution in [1.82, 2.24) is 19.7 Å². The molecule has 0 aliphatic carbocycles. The highest BCUT2D eigenvalue weighted by Gasteiger charge is 2.41. The lowest BCUT2D eigenvalue weighted by atomic mass is 9.66. The number of rotatable bonds is 10. The van der Waals surface area contributed by atoms with Gasteiger partial charge in [-0.15, -0.1) is 0 Å². The van der Waals surface area contributed by atoms with Crippen molar-refractivity contribution in [3.05, 3.63) is 47.5 Å². The Bertz CT molecular complexity index is 767. The number of aryl methyl sites for hydroxylation is 1. The third-order valence-electron chi connectivity index (χ3n) is 6.86. The fourth-order valence-electron chi connectivity index (χ4n) is 4.99. The van der Waals surface area contributed by atoms with Crippen LogP contribution in [0.2, 0.25) is 5.02 Å². The molecule has 164 valence electrons. The summed E-state index contributed by atoms with van der Waals surface area (Å²) in [5, 5.41) is 5.13. The summed E-state index contributed by atoms with van der Waals surface area (Å²) in [6.45, 7) is 7.17. The van der Waals surface area contributed by atoms with Crippen molar-refractivity contribution in [2.75, 3.05) is 13.1 Å². The maximum atomic E-state index is 12.9. The van der Waals surface area contributed by atoms with Gasteiger partial charge in [-0.25, -0.2) is 4.98 Å². The molecule has 3 rings (SSSR count). The predicted molar refractivity (Wildman–Crippen MR) is 121 cm³/mol. The number of amides is 1. The zero-order valence-corrected chi connectivity index (χ0v) is 19.2. The van der Waals surface area contributed by atoms with Gasteiger partial charge in [-0.05, 0) is 54.7 Å². The number of hydrogen-bond acceptors (Lipinski definition) is 3.